The van der Waals surface area contributed by atoms with E-state index >= 15 is 0 Å². The lowest BCUT2D eigenvalue weighted by molar-refractivity contribution is 0.0916. The normalized spacial score (nSPS) is 10.9. The van der Waals surface area contributed by atoms with Crippen LogP contribution in [0.2, 0.25) is 0 Å². The van der Waals surface area contributed by atoms with Gasteiger partial charge in [-0.3, -0.25) is 4.79 Å². The van der Waals surface area contributed by atoms with E-state index in [-0.39, 0.29) is 11.7 Å². The van der Waals surface area contributed by atoms with E-state index in [1.807, 2.05) is 73.1 Å². The molecule has 2 aromatic heterocycles. The second-order valence-corrected chi connectivity index (χ2v) is 7.32. The summed E-state index contributed by atoms with van der Waals surface area (Å²) in [5.41, 5.74) is 5.97. The Morgan fingerprint density at radius 3 is 2.60 bits per heavy atom. The molecule has 0 fully saturated rings. The minimum absolute atomic E-state index is 0.221. The molecule has 0 aliphatic heterocycles. The van der Waals surface area contributed by atoms with Crippen molar-refractivity contribution in [2.24, 2.45) is 0 Å². The first kappa shape index (κ1) is 19.6. The van der Waals surface area contributed by atoms with Crippen molar-refractivity contribution in [2.45, 2.75) is 26.7 Å². The highest BCUT2D eigenvalue weighted by Crippen LogP contribution is 2.19. The van der Waals surface area contributed by atoms with Crippen molar-refractivity contribution >= 4 is 5.91 Å². The first-order chi connectivity index (χ1) is 14.6. The first-order valence-electron chi connectivity index (χ1n) is 10.0. The van der Waals surface area contributed by atoms with Crippen LogP contribution in [-0.2, 0) is 6.42 Å². The number of aryl methyl sites for hydroxylation is 3. The van der Waals surface area contributed by atoms with Gasteiger partial charge in [0.2, 0.25) is 5.76 Å². The van der Waals surface area contributed by atoms with E-state index in [1.165, 1.54) is 11.1 Å². The molecule has 6 heteroatoms. The second kappa shape index (κ2) is 8.78. The summed E-state index contributed by atoms with van der Waals surface area (Å²) in [6.07, 6.45) is 3.70. The Kier molecular flexibility index (Phi) is 5.75. The molecule has 0 bridgehead atoms. The highest BCUT2D eigenvalue weighted by molar-refractivity contribution is 5.92. The minimum Gasteiger partial charge on any atom is -0.350 e. The van der Waals surface area contributed by atoms with Crippen LogP contribution in [0.3, 0.4) is 0 Å². The van der Waals surface area contributed by atoms with Crippen LogP contribution in [0.25, 0.3) is 16.9 Å². The zero-order valence-electron chi connectivity index (χ0n) is 17.1. The Morgan fingerprint density at radius 1 is 1.07 bits per heavy atom. The van der Waals surface area contributed by atoms with E-state index in [9.17, 15) is 4.79 Å². The predicted octanol–water partition coefficient (Wildman–Crippen LogP) is 4.51. The van der Waals surface area contributed by atoms with Gasteiger partial charge in [-0.25, -0.2) is 4.68 Å². The largest absolute Gasteiger partial charge is 0.350 e. The predicted molar refractivity (Wildman–Crippen MR) is 116 cm³/mol. The zero-order chi connectivity index (χ0) is 20.9. The van der Waals surface area contributed by atoms with Crippen molar-refractivity contribution in [2.75, 3.05) is 6.54 Å². The molecule has 0 aliphatic carbocycles. The molecule has 4 rings (SSSR count). The fourth-order valence-electron chi connectivity index (χ4n) is 3.26. The van der Waals surface area contributed by atoms with Crippen molar-refractivity contribution in [3.8, 4) is 16.9 Å². The Hall–Kier alpha value is -3.67. The number of hydrogen-bond donors (Lipinski definition) is 1. The summed E-state index contributed by atoms with van der Waals surface area (Å²) in [6, 6.07) is 19.6. The van der Waals surface area contributed by atoms with Crippen molar-refractivity contribution in [3.63, 3.8) is 0 Å². The van der Waals surface area contributed by atoms with Gasteiger partial charge in [-0.2, -0.15) is 5.10 Å². The summed E-state index contributed by atoms with van der Waals surface area (Å²) in [6.45, 7) is 4.59. The second-order valence-electron chi connectivity index (χ2n) is 7.32. The van der Waals surface area contributed by atoms with E-state index in [0.717, 1.165) is 29.8 Å². The summed E-state index contributed by atoms with van der Waals surface area (Å²) in [4.78, 5) is 12.3. The van der Waals surface area contributed by atoms with Gasteiger partial charge in [-0.05, 0) is 44.4 Å². The lowest BCUT2D eigenvalue weighted by Gasteiger charge is -2.02. The number of amides is 1. The van der Waals surface area contributed by atoms with Gasteiger partial charge < -0.3 is 9.84 Å². The number of rotatable bonds is 7. The number of benzene rings is 2. The van der Waals surface area contributed by atoms with Gasteiger partial charge in [0.05, 0.1) is 11.4 Å². The molecule has 0 saturated heterocycles. The Balaban J connectivity index is 1.29. The summed E-state index contributed by atoms with van der Waals surface area (Å²) in [5.74, 6) is -0.0313. The number of carbonyl (C=O) groups excluding carboxylic acids is 1. The van der Waals surface area contributed by atoms with Gasteiger partial charge >= 0.3 is 0 Å². The zero-order valence-corrected chi connectivity index (χ0v) is 17.1. The molecule has 1 N–H and O–H groups in total. The molecule has 1 amide bonds. The lowest BCUT2D eigenvalue weighted by atomic mass is 10.1. The average molecular weight is 400 g/mol. The summed E-state index contributed by atoms with van der Waals surface area (Å²) >= 11 is 0. The van der Waals surface area contributed by atoms with Crippen LogP contribution < -0.4 is 5.32 Å². The molecule has 6 nitrogen and oxygen atoms in total. The molecule has 0 spiro atoms. The van der Waals surface area contributed by atoms with Crippen molar-refractivity contribution in [1.29, 1.82) is 0 Å². The number of aromatic nitrogens is 3. The van der Waals surface area contributed by atoms with Crippen LogP contribution in [0.4, 0.5) is 0 Å². The van der Waals surface area contributed by atoms with Crippen molar-refractivity contribution < 1.29 is 9.32 Å². The summed E-state index contributed by atoms with van der Waals surface area (Å²) < 4.78 is 7.12. The molecule has 0 unspecified atom stereocenters. The van der Waals surface area contributed by atoms with Gasteiger partial charge in [-0.1, -0.05) is 53.2 Å². The summed E-state index contributed by atoms with van der Waals surface area (Å²) in [7, 11) is 0. The minimum atomic E-state index is -0.252. The fourth-order valence-corrected chi connectivity index (χ4v) is 3.26. The van der Waals surface area contributed by atoms with Crippen LogP contribution in [0.1, 0.15) is 33.8 Å². The van der Waals surface area contributed by atoms with Gasteiger partial charge in [0, 0.05) is 24.4 Å². The topological polar surface area (TPSA) is 73.0 Å². The van der Waals surface area contributed by atoms with Crippen LogP contribution in [0.5, 0.6) is 0 Å². The van der Waals surface area contributed by atoms with Gasteiger partial charge in [0.25, 0.3) is 5.91 Å². The molecule has 152 valence electrons. The third-order valence-electron chi connectivity index (χ3n) is 5.01. The van der Waals surface area contributed by atoms with E-state index in [1.54, 1.807) is 6.07 Å². The van der Waals surface area contributed by atoms with Crippen LogP contribution in [0, 0.1) is 13.8 Å². The summed E-state index contributed by atoms with van der Waals surface area (Å²) in [5, 5.41) is 11.5. The third kappa shape index (κ3) is 4.49. The van der Waals surface area contributed by atoms with E-state index in [0.29, 0.717) is 12.2 Å². The number of para-hydroxylation sites is 1. The number of carbonyl (C=O) groups is 1. The molecule has 2 heterocycles. The molecule has 0 radical (unpaired) electrons. The smallest absolute Gasteiger partial charge is 0.289 e. The average Bonchev–Trinajstić information content (AvgIpc) is 3.40. The maximum absolute atomic E-state index is 12.3. The Morgan fingerprint density at radius 2 is 1.83 bits per heavy atom. The maximum Gasteiger partial charge on any atom is 0.289 e. The molecule has 2 aromatic carbocycles. The van der Waals surface area contributed by atoms with E-state index in [2.05, 4.69) is 21.8 Å². The molecule has 30 heavy (non-hydrogen) atoms. The number of nitrogens with zero attached hydrogens (tertiary/aromatic N) is 3. The molecular formula is C24H24N4O2. The monoisotopic (exact) mass is 400 g/mol. The fraction of sp³-hybridized carbons (Fsp3) is 0.208. The number of hydrogen-bond acceptors (Lipinski definition) is 4. The Labute approximate surface area is 175 Å². The van der Waals surface area contributed by atoms with Gasteiger partial charge in [0.1, 0.15) is 5.69 Å². The quantitative estimate of drug-likeness (QED) is 0.463. The molecular weight excluding hydrogens is 376 g/mol. The van der Waals surface area contributed by atoms with E-state index in [4.69, 9.17) is 4.52 Å². The van der Waals surface area contributed by atoms with Gasteiger partial charge in [-0.15, -0.1) is 0 Å². The van der Waals surface area contributed by atoms with Crippen molar-refractivity contribution in [3.05, 3.63) is 89.4 Å². The highest BCUT2D eigenvalue weighted by atomic mass is 16.5. The molecule has 0 aliphatic rings. The van der Waals surface area contributed by atoms with Crippen molar-refractivity contribution in [1.82, 2.24) is 20.3 Å². The Bertz CT molecular complexity index is 1130. The lowest BCUT2D eigenvalue weighted by Crippen LogP contribution is -2.24. The van der Waals surface area contributed by atoms with Crippen LogP contribution in [0.15, 0.2) is 71.4 Å². The first-order valence-corrected chi connectivity index (χ1v) is 10.0. The van der Waals surface area contributed by atoms with Gasteiger partial charge in [0.15, 0.2) is 0 Å². The maximum atomic E-state index is 12.3. The SMILES string of the molecule is Cc1ccc(-c2cc(C(=O)NCCCc3cn(-c4ccccc4)nc3C)on2)cc1. The van der Waals surface area contributed by atoms with Crippen LogP contribution >= 0.6 is 0 Å². The molecule has 0 atom stereocenters. The number of nitrogens with one attached hydrogen (secondary N) is 1. The third-order valence-corrected chi connectivity index (χ3v) is 5.01. The highest BCUT2D eigenvalue weighted by Gasteiger charge is 2.14. The molecule has 4 aromatic rings. The standard InChI is InChI=1S/C24H24N4O2/c1-17-10-12-19(13-11-17)22-15-23(30-27-22)24(29)25-14-6-7-20-16-28(26-18(20)2)21-8-4-3-5-9-21/h3-5,8-13,15-16H,6-7,14H2,1-2H3,(H,25,29). The van der Waals surface area contributed by atoms with Crippen LogP contribution in [-0.4, -0.2) is 27.4 Å². The molecule has 0 saturated carbocycles. The van der Waals surface area contributed by atoms with E-state index < -0.39 is 0 Å².